The first kappa shape index (κ1) is 22.0. The third-order valence-corrected chi connectivity index (χ3v) is 4.65. The normalized spacial score (nSPS) is 10.9. The van der Waals surface area contributed by atoms with Gasteiger partial charge in [0.05, 0.1) is 14.2 Å². The number of azo groups is 1. The van der Waals surface area contributed by atoms with Gasteiger partial charge in [-0.3, -0.25) is 9.36 Å². The van der Waals surface area contributed by atoms with Crippen molar-refractivity contribution in [1.82, 2.24) is 4.57 Å². The molecule has 1 heterocycles. The molecule has 0 saturated carbocycles. The number of hydrogen-bond donors (Lipinski definition) is 1. The Bertz CT molecular complexity index is 990. The molecule has 1 N–H and O–H groups in total. The zero-order valence-corrected chi connectivity index (χ0v) is 17.2. The lowest BCUT2D eigenvalue weighted by Crippen LogP contribution is -2.22. The van der Waals surface area contributed by atoms with Gasteiger partial charge >= 0.3 is 0 Å². The number of methoxy groups -OCH3 is 2. The summed E-state index contributed by atoms with van der Waals surface area (Å²) in [6, 6.07) is 6.99. The Kier molecular flexibility index (Phi) is 7.78. The zero-order chi connectivity index (χ0) is 21.4. The van der Waals surface area contributed by atoms with E-state index in [0.717, 1.165) is 25.7 Å². The van der Waals surface area contributed by atoms with E-state index in [1.807, 2.05) is 6.07 Å². The molecule has 0 saturated heterocycles. The number of pyridine rings is 1. The third-order valence-electron chi connectivity index (χ3n) is 4.65. The van der Waals surface area contributed by atoms with Gasteiger partial charge in [0.25, 0.3) is 5.56 Å². The van der Waals surface area contributed by atoms with Gasteiger partial charge < -0.3 is 14.6 Å². The molecule has 1 aromatic heterocycles. The van der Waals surface area contributed by atoms with Gasteiger partial charge in [0, 0.05) is 18.2 Å². The molecule has 0 unspecified atom stereocenters. The van der Waals surface area contributed by atoms with Gasteiger partial charge in [-0.05, 0) is 25.5 Å². The van der Waals surface area contributed by atoms with Crippen LogP contribution in [0.3, 0.4) is 0 Å². The summed E-state index contributed by atoms with van der Waals surface area (Å²) >= 11 is 0. The second-order valence-corrected chi connectivity index (χ2v) is 6.54. The molecule has 2 aromatic rings. The Hall–Kier alpha value is -3.34. The van der Waals surface area contributed by atoms with Gasteiger partial charge in [-0.1, -0.05) is 26.2 Å². The first-order valence-corrected chi connectivity index (χ1v) is 9.48. The van der Waals surface area contributed by atoms with Crippen LogP contribution in [-0.2, 0) is 6.54 Å². The smallest absolute Gasteiger partial charge is 0.281 e. The quantitative estimate of drug-likeness (QED) is 0.484. The number of nitrogens with zero attached hydrogens (tertiary/aromatic N) is 4. The third kappa shape index (κ3) is 4.93. The average Bonchev–Trinajstić information content (AvgIpc) is 2.73. The van der Waals surface area contributed by atoms with Crippen LogP contribution in [0.15, 0.2) is 33.2 Å². The van der Waals surface area contributed by atoms with Crippen molar-refractivity contribution in [1.29, 1.82) is 5.26 Å². The van der Waals surface area contributed by atoms with Crippen LogP contribution in [0, 0.1) is 18.3 Å². The second kappa shape index (κ2) is 10.3. The highest BCUT2D eigenvalue weighted by molar-refractivity contribution is 5.58. The highest BCUT2D eigenvalue weighted by atomic mass is 16.5. The predicted molar refractivity (Wildman–Crippen MR) is 110 cm³/mol. The molecule has 8 nitrogen and oxygen atoms in total. The summed E-state index contributed by atoms with van der Waals surface area (Å²) in [5, 5.41) is 28.1. The first-order valence-electron chi connectivity index (χ1n) is 9.48. The summed E-state index contributed by atoms with van der Waals surface area (Å²) in [6.45, 7) is 3.97. The van der Waals surface area contributed by atoms with Gasteiger partial charge in [-0.15, -0.1) is 10.2 Å². The van der Waals surface area contributed by atoms with Crippen molar-refractivity contribution in [3.8, 4) is 23.4 Å². The Balaban J connectivity index is 2.51. The monoisotopic (exact) mass is 398 g/mol. The Morgan fingerprint density at radius 3 is 2.55 bits per heavy atom. The Morgan fingerprint density at radius 2 is 1.93 bits per heavy atom. The highest BCUT2D eigenvalue weighted by Gasteiger charge is 2.19. The maximum Gasteiger partial charge on any atom is 0.281 e. The number of rotatable bonds is 9. The lowest BCUT2D eigenvalue weighted by Gasteiger charge is -2.13. The molecule has 0 radical (unpaired) electrons. The van der Waals surface area contributed by atoms with Crippen molar-refractivity contribution in [2.45, 2.75) is 46.1 Å². The molecule has 8 heteroatoms. The lowest BCUT2D eigenvalue weighted by atomic mass is 10.1. The topological polar surface area (TPSA) is 109 Å². The Morgan fingerprint density at radius 1 is 1.17 bits per heavy atom. The number of aromatic nitrogens is 1. The molecule has 154 valence electrons. The summed E-state index contributed by atoms with van der Waals surface area (Å²) in [7, 11) is 3.03. The maximum absolute atomic E-state index is 12.9. The molecule has 0 spiro atoms. The molecule has 0 aliphatic carbocycles. The van der Waals surface area contributed by atoms with Crippen LogP contribution in [0.25, 0.3) is 0 Å². The van der Waals surface area contributed by atoms with Crippen molar-refractivity contribution < 1.29 is 14.6 Å². The summed E-state index contributed by atoms with van der Waals surface area (Å²) in [5.41, 5.74) is 0.213. The molecule has 2 rings (SSSR count). The summed E-state index contributed by atoms with van der Waals surface area (Å²) in [6.07, 6.45) is 3.74. The second-order valence-electron chi connectivity index (χ2n) is 6.54. The standard InChI is InChI=1S/C21H26N4O4/c1-5-6-7-8-11-25-20(26)16(13-22)14(2)19(21(25)27)24-23-17-12-15(28-3)9-10-18(17)29-4/h9-10,12,26H,5-8,11H2,1-4H3. The fraction of sp³-hybridized carbons (Fsp3) is 0.429. The number of benzene rings is 1. The van der Waals surface area contributed by atoms with Crippen LogP contribution in [0.2, 0.25) is 0 Å². The number of aromatic hydroxyl groups is 1. The van der Waals surface area contributed by atoms with E-state index >= 15 is 0 Å². The fourth-order valence-corrected chi connectivity index (χ4v) is 2.94. The van der Waals surface area contributed by atoms with E-state index in [0.29, 0.717) is 23.7 Å². The molecule has 0 fully saturated rings. The van der Waals surface area contributed by atoms with Crippen LogP contribution in [0.4, 0.5) is 11.4 Å². The lowest BCUT2D eigenvalue weighted by molar-refractivity contribution is 0.397. The van der Waals surface area contributed by atoms with Crippen LogP contribution in [-0.4, -0.2) is 23.9 Å². The van der Waals surface area contributed by atoms with Crippen molar-refractivity contribution in [3.63, 3.8) is 0 Å². The fourth-order valence-electron chi connectivity index (χ4n) is 2.94. The first-order chi connectivity index (χ1) is 14.0. The average molecular weight is 398 g/mol. The number of nitriles is 1. The molecule has 0 aliphatic rings. The summed E-state index contributed by atoms with van der Waals surface area (Å²) in [4.78, 5) is 12.9. The van der Waals surface area contributed by atoms with E-state index in [9.17, 15) is 15.2 Å². The van der Waals surface area contributed by atoms with E-state index in [1.54, 1.807) is 25.1 Å². The van der Waals surface area contributed by atoms with Crippen LogP contribution >= 0.6 is 0 Å². The Labute approximate surface area is 170 Å². The molecule has 0 atom stereocenters. The van der Waals surface area contributed by atoms with Gasteiger partial charge in [0.15, 0.2) is 5.69 Å². The van der Waals surface area contributed by atoms with Gasteiger partial charge in [-0.25, -0.2) is 0 Å². The minimum Gasteiger partial charge on any atom is -0.497 e. The van der Waals surface area contributed by atoms with E-state index in [2.05, 4.69) is 17.2 Å². The summed E-state index contributed by atoms with van der Waals surface area (Å²) < 4.78 is 11.7. The molecule has 0 amide bonds. The summed E-state index contributed by atoms with van der Waals surface area (Å²) in [5.74, 6) is 0.698. The van der Waals surface area contributed by atoms with Gasteiger partial charge in [0.1, 0.15) is 28.8 Å². The van der Waals surface area contributed by atoms with Crippen LogP contribution < -0.4 is 15.0 Å². The SMILES string of the molecule is CCCCCCn1c(O)c(C#N)c(C)c(N=Nc2cc(OC)ccc2OC)c1=O. The van der Waals surface area contributed by atoms with Crippen LogP contribution in [0.1, 0.15) is 43.7 Å². The van der Waals surface area contributed by atoms with E-state index in [1.165, 1.54) is 18.8 Å². The minimum atomic E-state index is -0.485. The molecular weight excluding hydrogens is 372 g/mol. The predicted octanol–water partition coefficient (Wildman–Crippen LogP) is 4.75. The van der Waals surface area contributed by atoms with Crippen molar-refractivity contribution in [2.75, 3.05) is 14.2 Å². The number of hydrogen-bond acceptors (Lipinski definition) is 7. The van der Waals surface area contributed by atoms with Gasteiger partial charge in [-0.2, -0.15) is 5.26 Å². The van der Waals surface area contributed by atoms with E-state index < -0.39 is 5.56 Å². The minimum absolute atomic E-state index is 0.0136. The largest absolute Gasteiger partial charge is 0.497 e. The van der Waals surface area contributed by atoms with E-state index in [-0.39, 0.29) is 22.7 Å². The molecule has 0 bridgehead atoms. The van der Waals surface area contributed by atoms with Crippen molar-refractivity contribution in [3.05, 3.63) is 39.7 Å². The van der Waals surface area contributed by atoms with Crippen LogP contribution in [0.5, 0.6) is 17.4 Å². The maximum atomic E-state index is 12.9. The molecule has 1 aromatic carbocycles. The number of ether oxygens (including phenoxy) is 2. The molecular formula is C21H26N4O4. The van der Waals surface area contributed by atoms with Crippen molar-refractivity contribution >= 4 is 11.4 Å². The zero-order valence-electron chi connectivity index (χ0n) is 17.2. The van der Waals surface area contributed by atoms with E-state index in [4.69, 9.17) is 9.47 Å². The molecule has 0 aliphatic heterocycles. The molecule has 29 heavy (non-hydrogen) atoms. The number of unbranched alkanes of at least 4 members (excludes halogenated alkanes) is 3. The van der Waals surface area contributed by atoms with Gasteiger partial charge in [0.2, 0.25) is 5.88 Å². The van der Waals surface area contributed by atoms with Crippen molar-refractivity contribution in [2.24, 2.45) is 10.2 Å². The highest BCUT2D eigenvalue weighted by Crippen LogP contribution is 2.33.